The van der Waals surface area contributed by atoms with Gasteiger partial charge in [-0.1, -0.05) is 13.8 Å². The Bertz CT molecular complexity index is 323. The Morgan fingerprint density at radius 2 is 0.967 bits per heavy atom. The number of rotatable bonds is 14. The highest BCUT2D eigenvalue weighted by Gasteiger charge is 2.15. The van der Waals surface area contributed by atoms with Gasteiger partial charge in [0.25, 0.3) is 0 Å². The number of likely N-dealkylation sites (tertiary alicyclic amines) is 2. The minimum absolute atomic E-state index is 0.453. The lowest BCUT2D eigenvalue weighted by Crippen LogP contribution is -2.40. The van der Waals surface area contributed by atoms with E-state index in [-0.39, 0.29) is 0 Å². The van der Waals surface area contributed by atoms with E-state index in [4.69, 9.17) is 20.9 Å². The topological polar surface area (TPSA) is 77.0 Å². The third-order valence-electron chi connectivity index (χ3n) is 5.99. The number of hydrogen-bond donors (Lipinski definition) is 2. The van der Waals surface area contributed by atoms with E-state index in [1.165, 1.54) is 90.6 Å². The fraction of sp³-hybridized carbons (Fsp3) is 1.00. The summed E-state index contributed by atoms with van der Waals surface area (Å²) in [4.78, 5) is 5.06. The Morgan fingerprint density at radius 3 is 1.30 bits per heavy atom. The second kappa shape index (κ2) is 19.4. The third-order valence-corrected chi connectivity index (χ3v) is 5.99. The molecule has 2 saturated heterocycles. The second-order valence-electron chi connectivity index (χ2n) is 9.00. The number of unbranched alkanes of at least 4 members (excludes halogenated alkanes) is 2. The zero-order chi connectivity index (χ0) is 21.9. The summed E-state index contributed by atoms with van der Waals surface area (Å²) in [6, 6.07) is 0.906. The first kappa shape index (κ1) is 27.8. The third kappa shape index (κ3) is 15.5. The zero-order valence-corrected chi connectivity index (χ0v) is 20.2. The van der Waals surface area contributed by atoms with Gasteiger partial charge in [-0.15, -0.1) is 0 Å². The fourth-order valence-corrected chi connectivity index (χ4v) is 3.92. The van der Waals surface area contributed by atoms with Gasteiger partial charge in [0.15, 0.2) is 0 Å². The first-order valence-corrected chi connectivity index (χ1v) is 12.8. The van der Waals surface area contributed by atoms with E-state index >= 15 is 0 Å². The molecule has 180 valence electrons. The van der Waals surface area contributed by atoms with Crippen LogP contribution in [0.1, 0.15) is 78.1 Å². The lowest BCUT2D eigenvalue weighted by molar-refractivity contribution is 0.125. The van der Waals surface area contributed by atoms with Crippen LogP contribution in [0.25, 0.3) is 0 Å². The lowest BCUT2D eigenvalue weighted by atomic mass is 10.1. The molecule has 0 saturated carbocycles. The number of ether oxygens (including phenoxy) is 2. The van der Waals surface area contributed by atoms with Crippen molar-refractivity contribution in [1.82, 2.24) is 9.80 Å². The molecule has 0 bridgehead atoms. The second-order valence-corrected chi connectivity index (χ2v) is 9.00. The molecule has 4 N–H and O–H groups in total. The summed E-state index contributed by atoms with van der Waals surface area (Å²) in [6.07, 6.45) is 11.9. The van der Waals surface area contributed by atoms with Gasteiger partial charge in [-0.2, -0.15) is 0 Å². The molecule has 0 atom stereocenters. The van der Waals surface area contributed by atoms with Crippen molar-refractivity contribution in [2.45, 2.75) is 90.1 Å². The SMILES string of the molecule is CCCOCCCCN1CCC(N)CC1.CCCOCCCCN1CCC(N)CC1. The van der Waals surface area contributed by atoms with Crippen LogP contribution in [-0.4, -0.2) is 87.6 Å². The molecule has 0 unspecified atom stereocenters. The molecule has 2 heterocycles. The van der Waals surface area contributed by atoms with Gasteiger partial charge in [0, 0.05) is 38.5 Å². The average Bonchev–Trinajstić information content (AvgIpc) is 2.76. The first-order valence-electron chi connectivity index (χ1n) is 12.8. The molecule has 0 spiro atoms. The van der Waals surface area contributed by atoms with Gasteiger partial charge in [0.1, 0.15) is 0 Å². The monoisotopic (exact) mass is 428 g/mol. The zero-order valence-electron chi connectivity index (χ0n) is 20.2. The molecular weight excluding hydrogens is 376 g/mol. The summed E-state index contributed by atoms with van der Waals surface area (Å²) < 4.78 is 10.9. The molecule has 2 aliphatic rings. The molecule has 30 heavy (non-hydrogen) atoms. The molecule has 0 aromatic carbocycles. The van der Waals surface area contributed by atoms with Crippen LogP contribution >= 0.6 is 0 Å². The average molecular weight is 429 g/mol. The van der Waals surface area contributed by atoms with Crippen molar-refractivity contribution < 1.29 is 9.47 Å². The van der Waals surface area contributed by atoms with E-state index in [2.05, 4.69) is 23.6 Å². The molecule has 6 heteroatoms. The fourth-order valence-electron chi connectivity index (χ4n) is 3.92. The summed E-state index contributed by atoms with van der Waals surface area (Å²) in [7, 11) is 0. The van der Waals surface area contributed by atoms with Crippen molar-refractivity contribution in [2.24, 2.45) is 11.5 Å². The smallest absolute Gasteiger partial charge is 0.0466 e. The summed E-state index contributed by atoms with van der Waals surface area (Å²) in [5.41, 5.74) is 11.7. The van der Waals surface area contributed by atoms with Crippen molar-refractivity contribution in [3.63, 3.8) is 0 Å². The van der Waals surface area contributed by atoms with Gasteiger partial charge < -0.3 is 30.7 Å². The standard InChI is InChI=1S/2C12H26N2O/c2*1-2-10-15-11-4-3-7-14-8-5-12(13)6-9-14/h2*12H,2-11,13H2,1H3. The van der Waals surface area contributed by atoms with E-state index in [0.29, 0.717) is 12.1 Å². The van der Waals surface area contributed by atoms with Crippen molar-refractivity contribution in [3.05, 3.63) is 0 Å². The molecule has 2 fully saturated rings. The summed E-state index contributed by atoms with van der Waals surface area (Å²) in [6.45, 7) is 15.2. The van der Waals surface area contributed by atoms with Crippen LogP contribution in [0, 0.1) is 0 Å². The Kier molecular flexibility index (Phi) is 18.0. The minimum Gasteiger partial charge on any atom is -0.381 e. The quantitative estimate of drug-likeness (QED) is 0.414. The predicted octanol–water partition coefficient (Wildman–Crippen LogP) is 3.23. The first-order chi connectivity index (χ1) is 14.7. The number of piperidine rings is 2. The normalized spacial score (nSPS) is 19.6. The van der Waals surface area contributed by atoms with Crippen LogP contribution in [0.4, 0.5) is 0 Å². The van der Waals surface area contributed by atoms with Crippen molar-refractivity contribution in [3.8, 4) is 0 Å². The molecule has 0 radical (unpaired) electrons. The van der Waals surface area contributed by atoms with Gasteiger partial charge in [-0.05, 0) is 103 Å². The van der Waals surface area contributed by atoms with Crippen LogP contribution in [0.3, 0.4) is 0 Å². The number of hydrogen-bond acceptors (Lipinski definition) is 6. The highest BCUT2D eigenvalue weighted by atomic mass is 16.5. The molecule has 0 aromatic rings. The molecule has 6 nitrogen and oxygen atoms in total. The molecule has 0 aliphatic carbocycles. The highest BCUT2D eigenvalue weighted by Crippen LogP contribution is 2.10. The Balaban J connectivity index is 0.000000300. The lowest BCUT2D eigenvalue weighted by Gasteiger charge is -2.29. The summed E-state index contributed by atoms with van der Waals surface area (Å²) in [5, 5.41) is 0. The van der Waals surface area contributed by atoms with Crippen LogP contribution in [0.5, 0.6) is 0 Å². The van der Waals surface area contributed by atoms with Crippen molar-refractivity contribution in [2.75, 3.05) is 65.7 Å². The number of nitrogens with two attached hydrogens (primary N) is 2. The molecule has 2 rings (SSSR count). The van der Waals surface area contributed by atoms with Gasteiger partial charge in [-0.25, -0.2) is 0 Å². The van der Waals surface area contributed by atoms with Gasteiger partial charge in [0.05, 0.1) is 0 Å². The Labute approximate surface area is 187 Å². The maximum atomic E-state index is 5.86. The van der Waals surface area contributed by atoms with Crippen molar-refractivity contribution in [1.29, 1.82) is 0 Å². The van der Waals surface area contributed by atoms with E-state index in [1.54, 1.807) is 0 Å². The Hall–Kier alpha value is -0.240. The van der Waals surface area contributed by atoms with E-state index in [0.717, 1.165) is 39.3 Å². The molecular formula is C24H52N4O2. The van der Waals surface area contributed by atoms with E-state index < -0.39 is 0 Å². The van der Waals surface area contributed by atoms with Crippen LogP contribution in [0.2, 0.25) is 0 Å². The predicted molar refractivity (Wildman–Crippen MR) is 128 cm³/mol. The van der Waals surface area contributed by atoms with Gasteiger partial charge >= 0.3 is 0 Å². The highest BCUT2D eigenvalue weighted by molar-refractivity contribution is 4.74. The molecule has 0 amide bonds. The molecule has 0 aromatic heterocycles. The molecule has 2 aliphatic heterocycles. The number of nitrogens with zero attached hydrogens (tertiary/aromatic N) is 2. The van der Waals surface area contributed by atoms with Gasteiger partial charge in [0.2, 0.25) is 0 Å². The van der Waals surface area contributed by atoms with Crippen LogP contribution in [-0.2, 0) is 9.47 Å². The largest absolute Gasteiger partial charge is 0.381 e. The maximum absolute atomic E-state index is 5.86. The Morgan fingerprint density at radius 1 is 0.600 bits per heavy atom. The van der Waals surface area contributed by atoms with Gasteiger partial charge in [-0.3, -0.25) is 0 Å². The maximum Gasteiger partial charge on any atom is 0.0466 e. The summed E-state index contributed by atoms with van der Waals surface area (Å²) in [5.74, 6) is 0. The summed E-state index contributed by atoms with van der Waals surface area (Å²) >= 11 is 0. The van der Waals surface area contributed by atoms with Crippen LogP contribution in [0.15, 0.2) is 0 Å². The minimum atomic E-state index is 0.453. The van der Waals surface area contributed by atoms with E-state index in [9.17, 15) is 0 Å². The van der Waals surface area contributed by atoms with E-state index in [1.807, 2.05) is 0 Å². The van der Waals surface area contributed by atoms with Crippen molar-refractivity contribution >= 4 is 0 Å². The van der Waals surface area contributed by atoms with Crippen LogP contribution < -0.4 is 11.5 Å².